The molecular weight excluding hydrogens is 200 g/mol. The predicted molar refractivity (Wildman–Crippen MR) is 66.4 cm³/mol. The van der Waals surface area contributed by atoms with Crippen molar-refractivity contribution >= 4 is 0 Å². The summed E-state index contributed by atoms with van der Waals surface area (Å²) >= 11 is 0. The Kier molecular flexibility index (Phi) is 5.07. The van der Waals surface area contributed by atoms with Crippen LogP contribution in [0.1, 0.15) is 44.9 Å². The second-order valence-electron chi connectivity index (χ2n) is 5.26. The summed E-state index contributed by atoms with van der Waals surface area (Å²) < 4.78 is 5.73. The standard InChI is InChI=1S/C13H26N2O/c14-10-11-4-3-6-13(11)15-8-7-12-5-1-2-9-16-12/h11-13,15H,1-10,14H2. The van der Waals surface area contributed by atoms with Gasteiger partial charge in [0.2, 0.25) is 0 Å². The van der Waals surface area contributed by atoms with Crippen molar-refractivity contribution in [1.29, 1.82) is 0 Å². The summed E-state index contributed by atoms with van der Waals surface area (Å²) in [7, 11) is 0. The smallest absolute Gasteiger partial charge is 0.0587 e. The molecule has 0 amide bonds. The summed E-state index contributed by atoms with van der Waals surface area (Å²) in [5.74, 6) is 0.715. The second-order valence-corrected chi connectivity index (χ2v) is 5.26. The molecule has 3 nitrogen and oxygen atoms in total. The fourth-order valence-corrected chi connectivity index (χ4v) is 3.05. The number of hydrogen-bond acceptors (Lipinski definition) is 3. The van der Waals surface area contributed by atoms with Gasteiger partial charge in [0, 0.05) is 12.6 Å². The minimum absolute atomic E-state index is 0.513. The summed E-state index contributed by atoms with van der Waals surface area (Å²) in [4.78, 5) is 0. The van der Waals surface area contributed by atoms with Gasteiger partial charge in [-0.3, -0.25) is 0 Å². The Balaban J connectivity index is 1.59. The Labute approximate surface area is 99.1 Å². The van der Waals surface area contributed by atoms with E-state index in [0.29, 0.717) is 18.1 Å². The molecule has 0 aromatic carbocycles. The van der Waals surface area contributed by atoms with Gasteiger partial charge in [-0.1, -0.05) is 6.42 Å². The van der Waals surface area contributed by atoms with Crippen molar-refractivity contribution in [1.82, 2.24) is 5.32 Å². The zero-order valence-electron chi connectivity index (χ0n) is 10.3. The maximum absolute atomic E-state index is 5.77. The summed E-state index contributed by atoms with van der Waals surface area (Å²) in [5.41, 5.74) is 5.77. The molecule has 3 unspecified atom stereocenters. The Bertz CT molecular complexity index is 192. The molecule has 1 aliphatic heterocycles. The third-order valence-corrected chi connectivity index (χ3v) is 4.11. The largest absolute Gasteiger partial charge is 0.378 e. The fourth-order valence-electron chi connectivity index (χ4n) is 3.05. The van der Waals surface area contributed by atoms with Gasteiger partial charge in [0.25, 0.3) is 0 Å². The van der Waals surface area contributed by atoms with Crippen LogP contribution in [0.5, 0.6) is 0 Å². The number of hydrogen-bond donors (Lipinski definition) is 2. The second kappa shape index (κ2) is 6.58. The molecule has 94 valence electrons. The summed E-state index contributed by atoms with van der Waals surface area (Å²) in [6.45, 7) is 2.92. The van der Waals surface area contributed by atoms with Crippen LogP contribution < -0.4 is 11.1 Å². The van der Waals surface area contributed by atoms with Crippen molar-refractivity contribution in [3.63, 3.8) is 0 Å². The van der Waals surface area contributed by atoms with Crippen LogP contribution in [0, 0.1) is 5.92 Å². The molecule has 1 saturated heterocycles. The first-order chi connectivity index (χ1) is 7.90. The predicted octanol–water partition coefficient (Wildman–Crippen LogP) is 1.66. The van der Waals surface area contributed by atoms with E-state index in [2.05, 4.69) is 5.32 Å². The van der Waals surface area contributed by atoms with Crippen LogP contribution in [0.25, 0.3) is 0 Å². The van der Waals surface area contributed by atoms with Crippen LogP contribution in [0.3, 0.4) is 0 Å². The summed E-state index contributed by atoms with van der Waals surface area (Å²) in [6, 6.07) is 0.675. The Morgan fingerprint density at radius 2 is 2.06 bits per heavy atom. The Morgan fingerprint density at radius 1 is 1.12 bits per heavy atom. The van der Waals surface area contributed by atoms with Crippen LogP contribution in [-0.2, 0) is 4.74 Å². The SMILES string of the molecule is NCC1CCCC1NCCC1CCCCO1. The molecule has 2 rings (SSSR count). The van der Waals surface area contributed by atoms with Crippen molar-refractivity contribution in [2.75, 3.05) is 19.7 Å². The molecule has 16 heavy (non-hydrogen) atoms. The van der Waals surface area contributed by atoms with Gasteiger partial charge in [-0.15, -0.1) is 0 Å². The van der Waals surface area contributed by atoms with Crippen LogP contribution in [0.2, 0.25) is 0 Å². The fraction of sp³-hybridized carbons (Fsp3) is 1.00. The molecule has 1 saturated carbocycles. The van der Waals surface area contributed by atoms with Gasteiger partial charge in [0.15, 0.2) is 0 Å². The maximum Gasteiger partial charge on any atom is 0.0587 e. The van der Waals surface area contributed by atoms with Crippen LogP contribution in [0.15, 0.2) is 0 Å². The molecule has 0 radical (unpaired) electrons. The molecular formula is C13H26N2O. The first-order valence-electron chi connectivity index (χ1n) is 6.95. The van der Waals surface area contributed by atoms with Crippen LogP contribution >= 0.6 is 0 Å². The van der Waals surface area contributed by atoms with Gasteiger partial charge in [0.05, 0.1) is 6.10 Å². The van der Waals surface area contributed by atoms with Gasteiger partial charge in [-0.2, -0.15) is 0 Å². The van der Waals surface area contributed by atoms with E-state index in [4.69, 9.17) is 10.5 Å². The van der Waals surface area contributed by atoms with E-state index in [1.807, 2.05) is 0 Å². The van der Waals surface area contributed by atoms with E-state index in [-0.39, 0.29) is 0 Å². The zero-order chi connectivity index (χ0) is 11.2. The van der Waals surface area contributed by atoms with E-state index < -0.39 is 0 Å². The van der Waals surface area contributed by atoms with Gasteiger partial charge >= 0.3 is 0 Å². The van der Waals surface area contributed by atoms with Crippen LogP contribution in [0.4, 0.5) is 0 Å². The minimum atomic E-state index is 0.513. The Morgan fingerprint density at radius 3 is 2.81 bits per heavy atom. The molecule has 1 aliphatic carbocycles. The zero-order valence-corrected chi connectivity index (χ0v) is 10.3. The van der Waals surface area contributed by atoms with Gasteiger partial charge in [-0.05, 0) is 57.5 Å². The van der Waals surface area contributed by atoms with Crippen molar-refractivity contribution < 1.29 is 4.74 Å². The highest BCUT2D eigenvalue weighted by Crippen LogP contribution is 2.24. The lowest BCUT2D eigenvalue weighted by molar-refractivity contribution is 0.0110. The quantitative estimate of drug-likeness (QED) is 0.749. The summed E-state index contributed by atoms with van der Waals surface area (Å²) in [6.07, 6.45) is 9.52. The third kappa shape index (κ3) is 3.44. The molecule has 0 bridgehead atoms. The van der Waals surface area contributed by atoms with E-state index >= 15 is 0 Å². The molecule has 2 fully saturated rings. The molecule has 1 heterocycles. The normalized spacial score (nSPS) is 35.4. The molecule has 0 aromatic rings. The topological polar surface area (TPSA) is 47.3 Å². The Hall–Kier alpha value is -0.120. The van der Waals surface area contributed by atoms with Gasteiger partial charge in [0.1, 0.15) is 0 Å². The monoisotopic (exact) mass is 226 g/mol. The molecule has 3 N–H and O–H groups in total. The van der Waals surface area contributed by atoms with Crippen molar-refractivity contribution in [2.45, 2.75) is 57.1 Å². The van der Waals surface area contributed by atoms with E-state index in [0.717, 1.165) is 19.7 Å². The van der Waals surface area contributed by atoms with Gasteiger partial charge in [-0.25, -0.2) is 0 Å². The van der Waals surface area contributed by atoms with Crippen molar-refractivity contribution in [2.24, 2.45) is 11.7 Å². The molecule has 2 aliphatic rings. The van der Waals surface area contributed by atoms with Crippen LogP contribution in [-0.4, -0.2) is 31.8 Å². The third-order valence-electron chi connectivity index (χ3n) is 4.11. The number of nitrogens with one attached hydrogen (secondary N) is 1. The lowest BCUT2D eigenvalue weighted by Crippen LogP contribution is -2.37. The van der Waals surface area contributed by atoms with Crippen molar-refractivity contribution in [3.8, 4) is 0 Å². The lowest BCUT2D eigenvalue weighted by Gasteiger charge is -2.24. The highest BCUT2D eigenvalue weighted by atomic mass is 16.5. The van der Waals surface area contributed by atoms with Crippen molar-refractivity contribution in [3.05, 3.63) is 0 Å². The average Bonchev–Trinajstić information content (AvgIpc) is 2.78. The molecule has 3 atom stereocenters. The molecule has 0 spiro atoms. The van der Waals surface area contributed by atoms with E-state index in [1.165, 1.54) is 44.9 Å². The van der Waals surface area contributed by atoms with E-state index in [1.54, 1.807) is 0 Å². The average molecular weight is 226 g/mol. The number of ether oxygens (including phenoxy) is 1. The first-order valence-corrected chi connectivity index (χ1v) is 6.95. The highest BCUT2D eigenvalue weighted by Gasteiger charge is 2.25. The summed E-state index contributed by atoms with van der Waals surface area (Å²) in [5, 5.41) is 3.67. The van der Waals surface area contributed by atoms with E-state index in [9.17, 15) is 0 Å². The molecule has 0 aromatic heterocycles. The maximum atomic E-state index is 5.77. The minimum Gasteiger partial charge on any atom is -0.378 e. The van der Waals surface area contributed by atoms with Gasteiger partial charge < -0.3 is 15.8 Å². The number of nitrogens with two attached hydrogens (primary N) is 1. The number of rotatable bonds is 5. The first kappa shape index (κ1) is 12.3. The molecule has 3 heteroatoms. The lowest BCUT2D eigenvalue weighted by atomic mass is 10.0. The highest BCUT2D eigenvalue weighted by molar-refractivity contribution is 4.83.